The third-order valence-corrected chi connectivity index (χ3v) is 2.99. The second-order valence-electron chi connectivity index (χ2n) is 4.50. The van der Waals surface area contributed by atoms with Gasteiger partial charge >= 0.3 is 0 Å². The largest absolute Gasteiger partial charge is 0.485 e. The average Bonchev–Trinajstić information content (AvgIpc) is 2.85. The fourth-order valence-electron chi connectivity index (χ4n) is 1.78. The molecule has 108 valence electrons. The van der Waals surface area contributed by atoms with Gasteiger partial charge in [0, 0.05) is 17.0 Å². The molecule has 1 N–H and O–H groups in total. The van der Waals surface area contributed by atoms with Crippen LogP contribution in [0.3, 0.4) is 0 Å². The quantitative estimate of drug-likeness (QED) is 0.885. The van der Waals surface area contributed by atoms with E-state index in [0.717, 1.165) is 12.8 Å². The Kier molecular flexibility index (Phi) is 4.98. The highest BCUT2D eigenvalue weighted by Crippen LogP contribution is 2.28. The van der Waals surface area contributed by atoms with Crippen molar-refractivity contribution in [1.29, 1.82) is 0 Å². The van der Waals surface area contributed by atoms with Crippen molar-refractivity contribution in [2.45, 2.75) is 39.4 Å². The fourth-order valence-corrected chi connectivity index (χ4v) is 1.96. The van der Waals surface area contributed by atoms with Gasteiger partial charge in [-0.3, -0.25) is 0 Å². The highest BCUT2D eigenvalue weighted by Gasteiger charge is 2.12. The van der Waals surface area contributed by atoms with E-state index >= 15 is 0 Å². The maximum atomic E-state index is 9.71. The molecule has 1 aromatic carbocycles. The third-order valence-electron chi connectivity index (χ3n) is 2.75. The Morgan fingerprint density at radius 3 is 2.95 bits per heavy atom. The van der Waals surface area contributed by atoms with Crippen molar-refractivity contribution in [2.24, 2.45) is 0 Å². The molecule has 0 saturated heterocycles. The summed E-state index contributed by atoms with van der Waals surface area (Å²) in [7, 11) is 0. The first-order valence-electron chi connectivity index (χ1n) is 6.52. The minimum atomic E-state index is -0.662. The summed E-state index contributed by atoms with van der Waals surface area (Å²) in [5.74, 6) is 1.66. The molecule has 0 aliphatic heterocycles. The van der Waals surface area contributed by atoms with E-state index in [-0.39, 0.29) is 6.61 Å². The minimum absolute atomic E-state index is 0.189. The summed E-state index contributed by atoms with van der Waals surface area (Å²) in [6.07, 6.45) is 1.04. The summed E-state index contributed by atoms with van der Waals surface area (Å²) >= 11 is 5.91. The van der Waals surface area contributed by atoms with Gasteiger partial charge in [0.15, 0.2) is 6.61 Å². The van der Waals surface area contributed by atoms with E-state index < -0.39 is 6.10 Å². The maximum absolute atomic E-state index is 9.71. The van der Waals surface area contributed by atoms with E-state index in [4.69, 9.17) is 20.9 Å². The average molecular weight is 297 g/mol. The molecule has 2 aromatic rings. The van der Waals surface area contributed by atoms with Gasteiger partial charge in [0.25, 0.3) is 0 Å². The van der Waals surface area contributed by atoms with Gasteiger partial charge in [-0.05, 0) is 31.5 Å². The van der Waals surface area contributed by atoms with E-state index in [2.05, 4.69) is 10.1 Å². The van der Waals surface area contributed by atoms with Crippen molar-refractivity contribution in [3.8, 4) is 5.75 Å². The maximum Gasteiger partial charge on any atom is 0.226 e. The van der Waals surface area contributed by atoms with Crippen LogP contribution in [0.2, 0.25) is 5.02 Å². The molecule has 0 saturated carbocycles. The van der Waals surface area contributed by atoms with Gasteiger partial charge in [-0.2, -0.15) is 4.98 Å². The Labute approximate surface area is 122 Å². The van der Waals surface area contributed by atoms with Crippen molar-refractivity contribution >= 4 is 11.6 Å². The van der Waals surface area contributed by atoms with E-state index in [0.29, 0.717) is 28.1 Å². The smallest absolute Gasteiger partial charge is 0.226 e. The summed E-state index contributed by atoms with van der Waals surface area (Å²) in [6, 6.07) is 5.11. The molecule has 0 fully saturated rings. The van der Waals surface area contributed by atoms with Crippen LogP contribution < -0.4 is 4.74 Å². The molecule has 6 heteroatoms. The van der Waals surface area contributed by atoms with Crippen LogP contribution in [-0.4, -0.2) is 15.2 Å². The first-order valence-corrected chi connectivity index (χ1v) is 6.89. The predicted molar refractivity (Wildman–Crippen MR) is 74.7 cm³/mol. The lowest BCUT2D eigenvalue weighted by atomic mass is 10.1. The standard InChI is InChI=1S/C14H17ClN2O3/c1-3-4-14-16-13(17-20-14)8-19-12-6-5-10(15)7-11(12)9(2)18/h5-7,9,18H,3-4,8H2,1-2H3/t9-/m1/s1. The molecule has 1 atom stereocenters. The number of nitrogens with zero attached hydrogens (tertiary/aromatic N) is 2. The van der Waals surface area contributed by atoms with E-state index in [9.17, 15) is 5.11 Å². The zero-order chi connectivity index (χ0) is 14.5. The molecule has 2 rings (SSSR count). The molecular weight excluding hydrogens is 280 g/mol. The molecule has 0 bridgehead atoms. The van der Waals surface area contributed by atoms with Crippen molar-refractivity contribution in [1.82, 2.24) is 10.1 Å². The minimum Gasteiger partial charge on any atom is -0.485 e. The zero-order valence-corrected chi connectivity index (χ0v) is 12.2. The fraction of sp³-hybridized carbons (Fsp3) is 0.429. The normalized spacial score (nSPS) is 12.4. The second kappa shape index (κ2) is 6.72. The van der Waals surface area contributed by atoms with E-state index in [1.54, 1.807) is 25.1 Å². The van der Waals surface area contributed by atoms with Crippen molar-refractivity contribution in [3.05, 3.63) is 40.5 Å². The van der Waals surface area contributed by atoms with Gasteiger partial charge in [0.1, 0.15) is 5.75 Å². The monoisotopic (exact) mass is 296 g/mol. The van der Waals surface area contributed by atoms with Crippen LogP contribution >= 0.6 is 11.6 Å². The number of hydrogen-bond acceptors (Lipinski definition) is 5. The second-order valence-corrected chi connectivity index (χ2v) is 4.94. The van der Waals surface area contributed by atoms with Crippen LogP contribution in [0.15, 0.2) is 22.7 Å². The first-order chi connectivity index (χ1) is 9.60. The molecule has 0 spiro atoms. The molecule has 0 unspecified atom stereocenters. The van der Waals surface area contributed by atoms with Gasteiger partial charge in [-0.25, -0.2) is 0 Å². The van der Waals surface area contributed by atoms with E-state index in [1.807, 2.05) is 6.92 Å². The third kappa shape index (κ3) is 3.71. The Balaban J connectivity index is 2.06. The van der Waals surface area contributed by atoms with Crippen LogP contribution in [-0.2, 0) is 13.0 Å². The summed E-state index contributed by atoms with van der Waals surface area (Å²) in [4.78, 5) is 4.22. The summed E-state index contributed by atoms with van der Waals surface area (Å²) in [6.45, 7) is 3.89. The van der Waals surface area contributed by atoms with Crippen molar-refractivity contribution in [3.63, 3.8) is 0 Å². The number of aromatic nitrogens is 2. The molecule has 1 heterocycles. The number of halogens is 1. The summed E-state index contributed by atoms with van der Waals surface area (Å²) in [5, 5.41) is 14.1. The van der Waals surface area contributed by atoms with Gasteiger partial charge in [-0.1, -0.05) is 23.7 Å². The Bertz CT molecular complexity index is 569. The zero-order valence-electron chi connectivity index (χ0n) is 11.5. The number of aryl methyl sites for hydroxylation is 1. The SMILES string of the molecule is CCCc1nc(COc2ccc(Cl)cc2[C@@H](C)O)no1. The number of aliphatic hydroxyl groups excluding tert-OH is 1. The number of rotatable bonds is 6. The Morgan fingerprint density at radius 2 is 2.25 bits per heavy atom. The molecule has 0 amide bonds. The number of hydrogen-bond donors (Lipinski definition) is 1. The van der Waals surface area contributed by atoms with Crippen LogP contribution in [0, 0.1) is 0 Å². The lowest BCUT2D eigenvalue weighted by Gasteiger charge is -2.12. The summed E-state index contributed by atoms with van der Waals surface area (Å²) in [5.41, 5.74) is 0.634. The van der Waals surface area contributed by atoms with Gasteiger partial charge < -0.3 is 14.4 Å². The van der Waals surface area contributed by atoms with Crippen LogP contribution in [0.1, 0.15) is 43.7 Å². The van der Waals surface area contributed by atoms with Crippen LogP contribution in [0.4, 0.5) is 0 Å². The molecule has 5 nitrogen and oxygen atoms in total. The molecule has 0 aliphatic carbocycles. The van der Waals surface area contributed by atoms with Crippen molar-refractivity contribution < 1.29 is 14.4 Å². The number of ether oxygens (including phenoxy) is 1. The molecule has 20 heavy (non-hydrogen) atoms. The number of aliphatic hydroxyl groups is 1. The topological polar surface area (TPSA) is 68.4 Å². The molecule has 0 radical (unpaired) electrons. The first kappa shape index (κ1) is 14.8. The molecule has 1 aromatic heterocycles. The highest BCUT2D eigenvalue weighted by atomic mass is 35.5. The van der Waals surface area contributed by atoms with Crippen molar-refractivity contribution in [2.75, 3.05) is 0 Å². The van der Waals surface area contributed by atoms with Gasteiger partial charge in [0.05, 0.1) is 6.10 Å². The van der Waals surface area contributed by atoms with Crippen LogP contribution in [0.5, 0.6) is 5.75 Å². The molecular formula is C14H17ClN2O3. The predicted octanol–water partition coefficient (Wildman–Crippen LogP) is 3.31. The Hall–Kier alpha value is -1.59. The Morgan fingerprint density at radius 1 is 1.45 bits per heavy atom. The summed E-state index contributed by atoms with van der Waals surface area (Å²) < 4.78 is 10.7. The molecule has 0 aliphatic rings. The lowest BCUT2D eigenvalue weighted by Crippen LogP contribution is -2.02. The van der Waals surface area contributed by atoms with E-state index in [1.165, 1.54) is 0 Å². The lowest BCUT2D eigenvalue weighted by molar-refractivity contribution is 0.189. The van der Waals surface area contributed by atoms with Gasteiger partial charge in [0.2, 0.25) is 11.7 Å². The van der Waals surface area contributed by atoms with Crippen LogP contribution in [0.25, 0.3) is 0 Å². The van der Waals surface area contributed by atoms with Gasteiger partial charge in [-0.15, -0.1) is 0 Å². The number of benzene rings is 1. The highest BCUT2D eigenvalue weighted by molar-refractivity contribution is 6.30.